The number of aromatic amines is 1. The first kappa shape index (κ1) is 35.4. The summed E-state index contributed by atoms with van der Waals surface area (Å²) in [5, 5.41) is 20.4. The van der Waals surface area contributed by atoms with Gasteiger partial charge in [-0.1, -0.05) is 0 Å². The van der Waals surface area contributed by atoms with Crippen LogP contribution in [0, 0.1) is 0 Å². The van der Waals surface area contributed by atoms with E-state index in [2.05, 4.69) is 28.1 Å². The molecule has 6 atom stereocenters. The number of ether oxygens (including phenoxy) is 1. The molecule has 1 aliphatic heterocycles. The number of phosphoric ester groups is 1. The van der Waals surface area contributed by atoms with Gasteiger partial charge in [-0.2, -0.15) is 13.6 Å². The fraction of sp³-hybridized carbons (Fsp3) is 0.500. The van der Waals surface area contributed by atoms with Crippen LogP contribution in [-0.4, -0.2) is 139 Å². The van der Waals surface area contributed by atoms with Crippen LogP contribution in [0.25, 0.3) is 11.2 Å². The first-order valence-corrected chi connectivity index (χ1v) is 12.6. The molecule has 0 bridgehead atoms. The number of H-pyrrole nitrogens is 1. The van der Waals surface area contributed by atoms with Gasteiger partial charge in [0, 0.05) is 59.1 Å². The number of aromatic nitrogens is 4. The average Bonchev–Trinajstić information content (AvgIpc) is 3.12. The molecule has 2 unspecified atom stereocenters. The zero-order chi connectivity index (χ0) is 24.1. The third kappa shape index (κ3) is 8.98. The van der Waals surface area contributed by atoms with Crippen molar-refractivity contribution in [3.8, 4) is 0 Å². The van der Waals surface area contributed by atoms with Gasteiger partial charge < -0.3 is 45.7 Å². The minimum atomic E-state index is -5.73. The molecule has 2 radical (unpaired) electrons. The second-order valence-electron chi connectivity index (χ2n) is 6.21. The van der Waals surface area contributed by atoms with Gasteiger partial charge in [0.25, 0.3) is 5.56 Å². The number of nitrogen functional groups attached to an aromatic ring is 1. The smallest absolute Gasteiger partial charge is 0.412 e. The third-order valence-corrected chi connectivity index (χ3v) is 7.68. The van der Waals surface area contributed by atoms with Crippen molar-refractivity contribution in [1.29, 1.82) is 0 Å². The molecule has 20 nitrogen and oxygen atoms in total. The molecule has 2 aromatic rings. The Kier molecular flexibility index (Phi) is 13.1. The number of rotatable bonds is 8. The second-order valence-corrected chi connectivity index (χ2v) is 10.6. The Bertz CT molecular complexity index is 1220. The number of nitrogens with two attached hydrogens (primary N) is 1. The summed E-state index contributed by atoms with van der Waals surface area (Å²) in [5.41, 5.74) is 4.50. The molecule has 0 spiro atoms. The van der Waals surface area contributed by atoms with Gasteiger partial charge in [0.1, 0.15) is 18.3 Å². The summed E-state index contributed by atoms with van der Waals surface area (Å²) >= 11 is 0. The molecular formula is C10H18N5Na2O15P3. The molecule has 11 N–H and O–H groups in total. The van der Waals surface area contributed by atoms with Crippen LogP contribution in [0.2, 0.25) is 0 Å². The zero-order valence-electron chi connectivity index (χ0n) is 17.8. The van der Waals surface area contributed by atoms with Crippen molar-refractivity contribution in [1.82, 2.24) is 19.5 Å². The van der Waals surface area contributed by atoms with Gasteiger partial charge in [0.05, 0.1) is 12.9 Å². The zero-order valence-corrected chi connectivity index (χ0v) is 24.5. The molecule has 35 heavy (non-hydrogen) atoms. The Balaban J connectivity index is 0.00000385. The van der Waals surface area contributed by atoms with Gasteiger partial charge in [-0.3, -0.25) is 18.9 Å². The van der Waals surface area contributed by atoms with Gasteiger partial charge in [-0.15, -0.1) is 0 Å². The van der Waals surface area contributed by atoms with Crippen LogP contribution in [0.4, 0.5) is 5.95 Å². The van der Waals surface area contributed by atoms with Crippen LogP contribution < -0.4 is 11.3 Å². The number of nitrogens with zero attached hydrogens (tertiary/aromatic N) is 3. The maximum atomic E-state index is 11.9. The van der Waals surface area contributed by atoms with Crippen molar-refractivity contribution in [2.75, 3.05) is 12.3 Å². The van der Waals surface area contributed by atoms with Gasteiger partial charge in [0.2, 0.25) is 5.95 Å². The third-order valence-electron chi connectivity index (χ3n) is 3.88. The number of imidazole rings is 1. The van der Waals surface area contributed by atoms with Crippen molar-refractivity contribution < 1.29 is 66.8 Å². The molecule has 0 amide bonds. The summed E-state index contributed by atoms with van der Waals surface area (Å²) in [6.07, 6.45) is -5.33. The number of aliphatic hydroxyl groups excluding tert-OH is 2. The van der Waals surface area contributed by atoms with Crippen LogP contribution in [-0.2, 0) is 31.6 Å². The molecule has 0 aromatic carbocycles. The summed E-state index contributed by atoms with van der Waals surface area (Å²) in [6.45, 7) is -1.01. The first-order valence-electron chi connectivity index (χ1n) is 8.11. The number of anilines is 1. The molecule has 1 fully saturated rings. The Morgan fingerprint density at radius 1 is 1.09 bits per heavy atom. The summed E-state index contributed by atoms with van der Waals surface area (Å²) in [7, 11) is -16.8. The summed E-state index contributed by atoms with van der Waals surface area (Å²) in [4.78, 5) is 57.3. The summed E-state index contributed by atoms with van der Waals surface area (Å²) in [5.74, 6) is -0.276. The van der Waals surface area contributed by atoms with Crippen LogP contribution in [0.1, 0.15) is 6.23 Å². The van der Waals surface area contributed by atoms with Crippen molar-refractivity contribution in [2.45, 2.75) is 24.5 Å². The minimum Gasteiger partial charge on any atom is -0.412 e. The molecule has 0 aliphatic carbocycles. The number of phosphoric acid groups is 3. The topological polar surface area (TPSA) is 331 Å². The van der Waals surface area contributed by atoms with Crippen molar-refractivity contribution in [3.05, 3.63) is 16.7 Å². The van der Waals surface area contributed by atoms with E-state index in [1.165, 1.54) is 0 Å². The van der Waals surface area contributed by atoms with Gasteiger partial charge in [-0.25, -0.2) is 18.7 Å². The van der Waals surface area contributed by atoms with Crippen molar-refractivity contribution >= 4 is 99.7 Å². The van der Waals surface area contributed by atoms with E-state index in [0.717, 1.165) is 10.9 Å². The molecule has 0 saturated carbocycles. The average molecular weight is 587 g/mol. The van der Waals surface area contributed by atoms with E-state index >= 15 is 0 Å². The van der Waals surface area contributed by atoms with E-state index in [1.54, 1.807) is 0 Å². The van der Waals surface area contributed by atoms with E-state index in [9.17, 15) is 33.6 Å². The van der Waals surface area contributed by atoms with E-state index < -0.39 is 60.2 Å². The summed E-state index contributed by atoms with van der Waals surface area (Å²) in [6, 6.07) is 0. The van der Waals surface area contributed by atoms with Gasteiger partial charge in [-0.05, 0) is 0 Å². The quantitative estimate of drug-likeness (QED) is 0.108. The molecule has 3 rings (SSSR count). The van der Waals surface area contributed by atoms with Crippen LogP contribution in [0.5, 0.6) is 0 Å². The Morgan fingerprint density at radius 2 is 1.69 bits per heavy atom. The maximum Gasteiger partial charge on any atom is 0.490 e. The first-order chi connectivity index (χ1) is 14.6. The van der Waals surface area contributed by atoms with Crippen LogP contribution in [0.3, 0.4) is 0 Å². The minimum absolute atomic E-state index is 0. The molecule has 1 aliphatic rings. The van der Waals surface area contributed by atoms with Crippen molar-refractivity contribution in [3.63, 3.8) is 0 Å². The Morgan fingerprint density at radius 3 is 2.26 bits per heavy atom. The summed E-state index contributed by atoms with van der Waals surface area (Å²) < 4.78 is 51.6. The Hall–Kier alpha value is 0.400. The Labute approximate surface area is 238 Å². The van der Waals surface area contributed by atoms with Crippen LogP contribution in [0.15, 0.2) is 11.1 Å². The van der Waals surface area contributed by atoms with Crippen LogP contribution >= 0.6 is 23.5 Å². The molecule has 25 heteroatoms. The molecular weight excluding hydrogens is 569 g/mol. The molecule has 2 aromatic heterocycles. The number of hydrogen-bond donors (Lipinski definition) is 8. The van der Waals surface area contributed by atoms with E-state index in [-0.39, 0.29) is 81.7 Å². The molecule has 1 saturated heterocycles. The van der Waals surface area contributed by atoms with E-state index in [1.807, 2.05) is 0 Å². The fourth-order valence-corrected chi connectivity index (χ4v) is 5.73. The number of hydrogen-bond acceptors (Lipinski definition) is 13. The van der Waals surface area contributed by atoms with Crippen molar-refractivity contribution in [2.24, 2.45) is 0 Å². The van der Waals surface area contributed by atoms with Gasteiger partial charge >= 0.3 is 23.5 Å². The van der Waals surface area contributed by atoms with E-state index in [4.69, 9.17) is 25.2 Å². The predicted octanol–water partition coefficient (Wildman–Crippen LogP) is -3.92. The molecule has 190 valence electrons. The predicted molar refractivity (Wildman–Crippen MR) is 113 cm³/mol. The second kappa shape index (κ2) is 13.0. The largest absolute Gasteiger partial charge is 0.490 e. The van der Waals surface area contributed by atoms with E-state index in [0.29, 0.717) is 0 Å². The standard InChI is InChI=1S/C10H16N5O14P3.2Na.H2O/c11-10-13-7-4(8(18)14-10)12-2-15(7)9-6(17)5(16)3(27-9)1-26-31(22,23)29-32(24,25)28-30(19,20)21;;;/h2-3,5-6,9,16-17H,1H2,(H,22,23)(H,24,25)(H2,19,20,21)(H3,11,13,14,18);;;1H2/t3-,5-,6-,9-;;;/m1.../s1. The number of fused-ring (bicyclic) bond motifs is 1. The fourth-order valence-electron chi connectivity index (χ4n) is 2.70. The SMILES string of the molecule is Nc1nc2c(ncn2[C@@H]2O[C@H](COP(=O)(O)OP(=O)(O)OP(=O)(O)O)[C@@H](O)[C@H]2O)c(=O)[nH]1.O.[Na].[Na]. The monoisotopic (exact) mass is 587 g/mol. The number of aliphatic hydroxyl groups is 2. The number of nitrogens with one attached hydrogen (secondary N) is 1. The normalized spacial score (nSPS) is 25.5. The maximum absolute atomic E-state index is 11.9. The molecule has 3 heterocycles. The van der Waals surface area contributed by atoms with Gasteiger partial charge in [0.15, 0.2) is 17.4 Å².